The lowest BCUT2D eigenvalue weighted by molar-refractivity contribution is 1.09. The van der Waals surface area contributed by atoms with Crippen LogP contribution in [0.1, 0.15) is 33.4 Å². The molecule has 0 saturated carbocycles. The molecule has 0 aromatic heterocycles. The highest BCUT2D eigenvalue weighted by Crippen LogP contribution is 2.19. The van der Waals surface area contributed by atoms with Crippen LogP contribution >= 0.6 is 12.2 Å². The predicted octanol–water partition coefficient (Wildman–Crippen LogP) is 3.71. The smallest absolute Gasteiger partial charge is 0.0646 e. The van der Waals surface area contributed by atoms with Gasteiger partial charge < -0.3 is 0 Å². The van der Waals surface area contributed by atoms with Crippen LogP contribution in [0.2, 0.25) is 0 Å². The van der Waals surface area contributed by atoms with Crippen molar-refractivity contribution in [2.75, 3.05) is 0 Å². The molecule has 0 N–H and O–H groups in total. The molecule has 22 heavy (non-hydrogen) atoms. The van der Waals surface area contributed by atoms with Crippen LogP contribution in [-0.2, 0) is 25.9 Å². The summed E-state index contributed by atoms with van der Waals surface area (Å²) in [5.41, 5.74) is 7.70. The minimum atomic E-state index is 0.806. The number of thiocarbonyl (C=S) groups is 1. The first-order valence-corrected chi connectivity index (χ1v) is 7.94. The predicted molar refractivity (Wildman–Crippen MR) is 95.5 cm³/mol. The van der Waals surface area contributed by atoms with Crippen LogP contribution in [0.4, 0.5) is 0 Å². The van der Waals surface area contributed by atoms with Gasteiger partial charge in [0, 0.05) is 30.1 Å². The Kier molecular flexibility index (Phi) is 3.43. The Balaban J connectivity index is 1.45. The second-order valence-corrected chi connectivity index (χ2v) is 6.48. The summed E-state index contributed by atoms with van der Waals surface area (Å²) in [7, 11) is 0. The SMILES string of the molecule is S=C(Cc1ccc2c(c1)CN=C2)Cc1ccc2c(c1)CN=C2. The lowest BCUT2D eigenvalue weighted by Crippen LogP contribution is -2.05. The van der Waals surface area contributed by atoms with Gasteiger partial charge in [0.05, 0.1) is 13.1 Å². The fraction of sp³-hybridized carbons (Fsp3) is 0.211. The number of fused-ring (bicyclic) bond motifs is 2. The molecule has 0 atom stereocenters. The topological polar surface area (TPSA) is 24.7 Å². The Morgan fingerprint density at radius 2 is 1.32 bits per heavy atom. The molecule has 0 radical (unpaired) electrons. The summed E-state index contributed by atoms with van der Waals surface area (Å²) >= 11 is 5.61. The molecule has 0 spiro atoms. The van der Waals surface area contributed by atoms with Gasteiger partial charge in [0.2, 0.25) is 0 Å². The van der Waals surface area contributed by atoms with Crippen LogP contribution in [0, 0.1) is 0 Å². The van der Waals surface area contributed by atoms with Crippen LogP contribution < -0.4 is 0 Å². The van der Waals surface area contributed by atoms with Gasteiger partial charge >= 0.3 is 0 Å². The van der Waals surface area contributed by atoms with Crippen LogP contribution in [0.15, 0.2) is 46.4 Å². The summed E-state index contributed by atoms with van der Waals surface area (Å²) in [4.78, 5) is 9.69. The Morgan fingerprint density at radius 3 is 1.82 bits per heavy atom. The van der Waals surface area contributed by atoms with E-state index in [1.807, 2.05) is 12.4 Å². The molecule has 2 aromatic carbocycles. The summed E-state index contributed by atoms with van der Waals surface area (Å²) in [6.45, 7) is 1.61. The molecule has 3 heteroatoms. The number of hydrogen-bond acceptors (Lipinski definition) is 3. The van der Waals surface area contributed by atoms with Gasteiger partial charge in [-0.25, -0.2) is 0 Å². The van der Waals surface area contributed by atoms with Crippen molar-refractivity contribution in [3.05, 3.63) is 69.8 Å². The highest BCUT2D eigenvalue weighted by Gasteiger charge is 2.10. The lowest BCUT2D eigenvalue weighted by Gasteiger charge is -2.08. The van der Waals surface area contributed by atoms with E-state index in [1.165, 1.54) is 33.4 Å². The zero-order valence-corrected chi connectivity index (χ0v) is 13.1. The van der Waals surface area contributed by atoms with Crippen molar-refractivity contribution in [1.29, 1.82) is 0 Å². The van der Waals surface area contributed by atoms with Crippen molar-refractivity contribution < 1.29 is 0 Å². The fourth-order valence-electron chi connectivity index (χ4n) is 3.07. The maximum absolute atomic E-state index is 5.61. The van der Waals surface area contributed by atoms with Crippen molar-refractivity contribution in [2.24, 2.45) is 9.98 Å². The molecule has 2 nitrogen and oxygen atoms in total. The van der Waals surface area contributed by atoms with E-state index in [4.69, 9.17) is 12.2 Å². The van der Waals surface area contributed by atoms with E-state index in [9.17, 15) is 0 Å². The van der Waals surface area contributed by atoms with E-state index in [1.54, 1.807) is 0 Å². The quantitative estimate of drug-likeness (QED) is 0.790. The largest absolute Gasteiger partial charge is 0.288 e. The number of aliphatic imine (C=N–C) groups is 2. The van der Waals surface area contributed by atoms with Gasteiger partial charge in [0.25, 0.3) is 0 Å². The molecule has 0 bridgehead atoms. The normalized spacial score (nSPS) is 14.2. The van der Waals surface area contributed by atoms with Gasteiger partial charge in [-0.15, -0.1) is 0 Å². The molecular weight excluding hydrogens is 288 g/mol. The summed E-state index contributed by atoms with van der Waals surface area (Å²) < 4.78 is 0. The first-order chi connectivity index (χ1) is 10.8. The Hall–Kier alpha value is -2.13. The Labute approximate surface area is 135 Å². The average molecular weight is 304 g/mol. The lowest BCUT2D eigenvalue weighted by atomic mass is 9.98. The maximum Gasteiger partial charge on any atom is 0.0646 e. The van der Waals surface area contributed by atoms with Gasteiger partial charge in [0.15, 0.2) is 0 Å². The molecule has 0 aliphatic carbocycles. The minimum absolute atomic E-state index is 0.806. The highest BCUT2D eigenvalue weighted by molar-refractivity contribution is 7.80. The van der Waals surface area contributed by atoms with Crippen LogP contribution in [0.25, 0.3) is 0 Å². The van der Waals surface area contributed by atoms with Crippen molar-refractivity contribution >= 4 is 29.5 Å². The summed E-state index contributed by atoms with van der Waals surface area (Å²) in [5.74, 6) is 0. The fourth-order valence-corrected chi connectivity index (χ4v) is 3.40. The zero-order valence-electron chi connectivity index (χ0n) is 12.2. The maximum atomic E-state index is 5.61. The molecule has 0 saturated heterocycles. The third kappa shape index (κ3) is 2.64. The van der Waals surface area contributed by atoms with Crippen LogP contribution in [0.3, 0.4) is 0 Å². The molecule has 2 aliphatic rings. The second kappa shape index (κ2) is 5.58. The molecular formula is C19H16N2S. The van der Waals surface area contributed by atoms with Crippen molar-refractivity contribution in [2.45, 2.75) is 25.9 Å². The number of nitrogens with zero attached hydrogens (tertiary/aromatic N) is 2. The first-order valence-electron chi connectivity index (χ1n) is 7.53. The number of benzene rings is 2. The average Bonchev–Trinajstić information content (AvgIpc) is 3.14. The molecule has 2 heterocycles. The third-order valence-electron chi connectivity index (χ3n) is 4.20. The summed E-state index contributed by atoms with van der Waals surface area (Å²) in [6, 6.07) is 13.1. The summed E-state index contributed by atoms with van der Waals surface area (Å²) in [6.07, 6.45) is 5.61. The van der Waals surface area contributed by atoms with Crippen LogP contribution in [-0.4, -0.2) is 17.3 Å². The zero-order chi connectivity index (χ0) is 14.9. The summed E-state index contributed by atoms with van der Waals surface area (Å²) in [5, 5.41) is 0. The van der Waals surface area contributed by atoms with E-state index < -0.39 is 0 Å². The molecule has 108 valence electrons. The third-order valence-corrected chi connectivity index (χ3v) is 4.49. The van der Waals surface area contributed by atoms with Gasteiger partial charge in [-0.3, -0.25) is 9.98 Å². The van der Waals surface area contributed by atoms with Crippen LogP contribution in [0.5, 0.6) is 0 Å². The van der Waals surface area contributed by atoms with E-state index in [2.05, 4.69) is 46.4 Å². The van der Waals surface area contributed by atoms with Gasteiger partial charge in [0.1, 0.15) is 0 Å². The van der Waals surface area contributed by atoms with Gasteiger partial charge in [-0.2, -0.15) is 0 Å². The van der Waals surface area contributed by atoms with Gasteiger partial charge in [-0.1, -0.05) is 48.6 Å². The van der Waals surface area contributed by atoms with Crippen molar-refractivity contribution in [3.8, 4) is 0 Å². The number of hydrogen-bond donors (Lipinski definition) is 0. The number of rotatable bonds is 4. The molecule has 2 aliphatic heterocycles. The molecule has 0 fully saturated rings. The molecule has 2 aromatic rings. The molecule has 4 rings (SSSR count). The van der Waals surface area contributed by atoms with E-state index in [-0.39, 0.29) is 0 Å². The Bertz CT molecular complexity index is 751. The van der Waals surface area contributed by atoms with E-state index >= 15 is 0 Å². The van der Waals surface area contributed by atoms with Crippen molar-refractivity contribution in [1.82, 2.24) is 0 Å². The standard InChI is InChI=1S/C19H16N2S/c22-19(7-13-1-3-15-9-20-11-17(15)5-13)8-14-2-4-16-10-21-12-18(16)6-14/h1-6,9-10H,7-8,11-12H2. The second-order valence-electron chi connectivity index (χ2n) is 5.90. The Morgan fingerprint density at radius 1 is 0.818 bits per heavy atom. The van der Waals surface area contributed by atoms with Crippen molar-refractivity contribution in [3.63, 3.8) is 0 Å². The minimum Gasteiger partial charge on any atom is -0.288 e. The molecule has 0 amide bonds. The van der Waals surface area contributed by atoms with Gasteiger partial charge in [-0.05, 0) is 33.4 Å². The first kappa shape index (κ1) is 13.5. The highest BCUT2D eigenvalue weighted by atomic mass is 32.1. The van der Waals surface area contributed by atoms with E-state index in [0.717, 1.165) is 30.8 Å². The monoisotopic (exact) mass is 304 g/mol. The van der Waals surface area contributed by atoms with E-state index in [0.29, 0.717) is 0 Å². The molecule has 0 unspecified atom stereocenters.